The molecule has 2 aromatic rings. The standard InChI is InChI=1S/C12H19N4O5PS/c1-23-10-4-9-11(13)14-6-15-12(9)16(10)8(5-17)2-3-21-7-22(18,19)20/h4,6,8,17H,2-3,5,7H2,1H3,(H2,13,14,15)(H2,18,19,20). The molecule has 0 radical (unpaired) electrons. The van der Waals surface area contributed by atoms with E-state index in [9.17, 15) is 9.67 Å². The number of nitrogen functional groups attached to an aromatic ring is 1. The number of rotatable bonds is 8. The van der Waals surface area contributed by atoms with Crippen LogP contribution in [-0.4, -0.2) is 55.2 Å². The number of ether oxygens (including phenoxy) is 1. The molecule has 0 amide bonds. The van der Waals surface area contributed by atoms with Gasteiger partial charge in [-0.25, -0.2) is 9.97 Å². The molecule has 0 bridgehead atoms. The molecule has 0 saturated heterocycles. The zero-order chi connectivity index (χ0) is 17.0. The quantitative estimate of drug-likeness (QED) is 0.304. The Bertz CT molecular complexity index is 719. The highest BCUT2D eigenvalue weighted by Gasteiger charge is 2.20. The lowest BCUT2D eigenvalue weighted by atomic mass is 10.2. The van der Waals surface area contributed by atoms with Crippen molar-refractivity contribution in [1.29, 1.82) is 0 Å². The van der Waals surface area contributed by atoms with Crippen LogP contribution in [0, 0.1) is 0 Å². The third kappa shape index (κ3) is 4.43. The van der Waals surface area contributed by atoms with E-state index in [1.807, 2.05) is 16.9 Å². The molecule has 0 spiro atoms. The number of thioether (sulfide) groups is 1. The Hall–Kier alpha value is -1.16. The fourth-order valence-corrected chi connectivity index (χ4v) is 3.28. The first-order valence-corrected chi connectivity index (χ1v) is 9.78. The highest BCUT2D eigenvalue weighted by molar-refractivity contribution is 7.98. The average Bonchev–Trinajstić information content (AvgIpc) is 2.86. The summed E-state index contributed by atoms with van der Waals surface area (Å²) < 4.78 is 17.6. The number of nitrogens with zero attached hydrogens (tertiary/aromatic N) is 3. The summed E-state index contributed by atoms with van der Waals surface area (Å²) in [7, 11) is -4.19. The third-order valence-corrected chi connectivity index (χ3v) is 4.52. The van der Waals surface area contributed by atoms with Gasteiger partial charge in [-0.3, -0.25) is 4.57 Å². The van der Waals surface area contributed by atoms with Crippen molar-refractivity contribution in [1.82, 2.24) is 14.5 Å². The third-order valence-electron chi connectivity index (χ3n) is 3.27. The fourth-order valence-electron chi connectivity index (χ4n) is 2.24. The maximum atomic E-state index is 10.8. The zero-order valence-corrected chi connectivity index (χ0v) is 14.2. The van der Waals surface area contributed by atoms with E-state index in [2.05, 4.69) is 9.97 Å². The molecule has 23 heavy (non-hydrogen) atoms. The van der Waals surface area contributed by atoms with Crippen LogP contribution in [0.3, 0.4) is 0 Å². The smallest absolute Gasteiger partial charge is 0.350 e. The predicted octanol–water partition coefficient (Wildman–Crippen LogP) is 0.811. The van der Waals surface area contributed by atoms with Gasteiger partial charge in [0.05, 0.1) is 23.1 Å². The lowest BCUT2D eigenvalue weighted by Crippen LogP contribution is -2.17. The minimum Gasteiger partial charge on any atom is -0.394 e. The first-order chi connectivity index (χ1) is 10.9. The Labute approximate surface area is 137 Å². The van der Waals surface area contributed by atoms with Crippen LogP contribution in [-0.2, 0) is 9.30 Å². The van der Waals surface area contributed by atoms with E-state index in [4.69, 9.17) is 20.3 Å². The van der Waals surface area contributed by atoms with Gasteiger partial charge in [0.15, 0.2) is 0 Å². The van der Waals surface area contributed by atoms with Crippen molar-refractivity contribution in [2.24, 2.45) is 0 Å². The molecule has 0 aliphatic rings. The van der Waals surface area contributed by atoms with E-state index in [0.29, 0.717) is 23.3 Å². The van der Waals surface area contributed by atoms with Crippen molar-refractivity contribution in [3.8, 4) is 0 Å². The Kier molecular flexibility index (Phi) is 6.01. The molecule has 0 saturated carbocycles. The van der Waals surface area contributed by atoms with Crippen molar-refractivity contribution in [3.05, 3.63) is 12.4 Å². The van der Waals surface area contributed by atoms with Gasteiger partial charge >= 0.3 is 7.60 Å². The Morgan fingerprint density at radius 1 is 1.48 bits per heavy atom. The number of aromatic nitrogens is 3. The van der Waals surface area contributed by atoms with E-state index in [1.165, 1.54) is 18.1 Å². The second-order valence-corrected chi connectivity index (χ2v) is 7.29. The molecule has 0 fully saturated rings. The second kappa shape index (κ2) is 7.61. The molecule has 2 rings (SSSR count). The maximum absolute atomic E-state index is 10.8. The fraction of sp³-hybridized carbons (Fsp3) is 0.500. The molecule has 2 heterocycles. The van der Waals surface area contributed by atoms with Gasteiger partial charge in [0, 0.05) is 6.61 Å². The lowest BCUT2D eigenvalue weighted by Gasteiger charge is -2.19. The van der Waals surface area contributed by atoms with Crippen LogP contribution in [0.15, 0.2) is 17.4 Å². The molecule has 128 valence electrons. The molecular formula is C12H19N4O5PS. The van der Waals surface area contributed by atoms with E-state index >= 15 is 0 Å². The van der Waals surface area contributed by atoms with Crippen LogP contribution in [0.25, 0.3) is 11.0 Å². The minimum atomic E-state index is -4.19. The van der Waals surface area contributed by atoms with Gasteiger partial charge in [-0.15, -0.1) is 11.8 Å². The number of anilines is 1. The molecule has 0 aliphatic heterocycles. The summed E-state index contributed by atoms with van der Waals surface area (Å²) in [5, 5.41) is 11.3. The zero-order valence-electron chi connectivity index (χ0n) is 12.5. The molecule has 1 atom stereocenters. The van der Waals surface area contributed by atoms with Crippen molar-refractivity contribution in [2.75, 3.05) is 31.6 Å². The number of aliphatic hydroxyl groups excluding tert-OH is 1. The first-order valence-electron chi connectivity index (χ1n) is 6.76. The van der Waals surface area contributed by atoms with Gasteiger partial charge in [0.2, 0.25) is 0 Å². The number of hydrogen-bond donors (Lipinski definition) is 4. The lowest BCUT2D eigenvalue weighted by molar-refractivity contribution is 0.125. The van der Waals surface area contributed by atoms with Gasteiger partial charge in [0.25, 0.3) is 0 Å². The topological polar surface area (TPSA) is 144 Å². The average molecular weight is 362 g/mol. The van der Waals surface area contributed by atoms with Crippen LogP contribution in [0.1, 0.15) is 12.5 Å². The van der Waals surface area contributed by atoms with Crippen molar-refractivity contribution >= 4 is 36.2 Å². The molecule has 0 aromatic carbocycles. The summed E-state index contributed by atoms with van der Waals surface area (Å²) >= 11 is 1.48. The van der Waals surface area contributed by atoms with Gasteiger partial charge in [-0.2, -0.15) is 0 Å². The van der Waals surface area contributed by atoms with Gasteiger partial charge in [-0.1, -0.05) is 0 Å². The van der Waals surface area contributed by atoms with Gasteiger partial charge in [0.1, 0.15) is 24.1 Å². The highest BCUT2D eigenvalue weighted by Crippen LogP contribution is 2.35. The number of hydrogen-bond acceptors (Lipinski definition) is 7. The molecule has 1 unspecified atom stereocenters. The Balaban J connectivity index is 2.22. The van der Waals surface area contributed by atoms with Gasteiger partial charge in [-0.05, 0) is 18.7 Å². The largest absolute Gasteiger partial charge is 0.394 e. The minimum absolute atomic E-state index is 0.102. The number of aliphatic hydroxyl groups is 1. The summed E-state index contributed by atoms with van der Waals surface area (Å²) in [4.78, 5) is 25.7. The van der Waals surface area contributed by atoms with Gasteiger partial charge < -0.3 is 29.9 Å². The second-order valence-electron chi connectivity index (χ2n) is 4.88. The Morgan fingerprint density at radius 3 is 2.83 bits per heavy atom. The summed E-state index contributed by atoms with van der Waals surface area (Å²) in [5.41, 5.74) is 6.46. The highest BCUT2D eigenvalue weighted by atomic mass is 32.2. The molecular weight excluding hydrogens is 343 g/mol. The van der Waals surface area contributed by atoms with Crippen LogP contribution in [0.2, 0.25) is 0 Å². The molecule has 0 aliphatic carbocycles. The molecule has 5 N–H and O–H groups in total. The number of nitrogens with two attached hydrogens (primary N) is 1. The molecule has 11 heteroatoms. The van der Waals surface area contributed by atoms with Crippen molar-refractivity contribution in [2.45, 2.75) is 17.5 Å². The predicted molar refractivity (Wildman–Crippen MR) is 87.3 cm³/mol. The maximum Gasteiger partial charge on any atom is 0.350 e. The van der Waals surface area contributed by atoms with E-state index in [0.717, 1.165) is 5.03 Å². The summed E-state index contributed by atoms with van der Waals surface area (Å²) in [5.74, 6) is 0.360. The monoisotopic (exact) mass is 362 g/mol. The summed E-state index contributed by atoms with van der Waals surface area (Å²) in [6.07, 6.45) is 2.99. The first kappa shape index (κ1) is 18.2. The number of fused-ring (bicyclic) bond motifs is 1. The van der Waals surface area contributed by atoms with E-state index in [1.54, 1.807) is 0 Å². The van der Waals surface area contributed by atoms with Crippen LogP contribution in [0.5, 0.6) is 0 Å². The van der Waals surface area contributed by atoms with Crippen LogP contribution >= 0.6 is 19.4 Å². The SMILES string of the molecule is CSc1cc2c(N)ncnc2n1C(CO)CCOCP(=O)(O)O. The summed E-state index contributed by atoms with van der Waals surface area (Å²) in [6, 6.07) is 1.51. The van der Waals surface area contributed by atoms with Crippen LogP contribution < -0.4 is 5.73 Å². The molecule has 9 nitrogen and oxygen atoms in total. The van der Waals surface area contributed by atoms with E-state index in [-0.39, 0.29) is 19.3 Å². The van der Waals surface area contributed by atoms with Crippen LogP contribution in [0.4, 0.5) is 5.82 Å². The normalized spacial score (nSPS) is 13.6. The Morgan fingerprint density at radius 2 is 2.22 bits per heavy atom. The van der Waals surface area contributed by atoms with Crippen molar-refractivity contribution in [3.63, 3.8) is 0 Å². The van der Waals surface area contributed by atoms with Crippen molar-refractivity contribution < 1.29 is 24.2 Å². The summed E-state index contributed by atoms with van der Waals surface area (Å²) in [6.45, 7) is -0.0646. The van der Waals surface area contributed by atoms with E-state index < -0.39 is 13.9 Å². The molecule has 2 aromatic heterocycles.